The van der Waals surface area contributed by atoms with Gasteiger partial charge in [0.1, 0.15) is 5.75 Å². The largest absolute Gasteiger partial charge is 0.497 e. The summed E-state index contributed by atoms with van der Waals surface area (Å²) in [4.78, 5) is 23.1. The number of hydrogen-bond donors (Lipinski definition) is 2. The van der Waals surface area contributed by atoms with Crippen LogP contribution in [0.5, 0.6) is 5.75 Å². The molecule has 2 N–H and O–H groups in total. The number of carbonyl (C=O) groups is 2. The van der Waals surface area contributed by atoms with Crippen molar-refractivity contribution >= 4 is 23.2 Å². The molecule has 114 valence electrons. The zero-order valence-corrected chi connectivity index (χ0v) is 12.6. The minimum atomic E-state index is -0.151. The van der Waals surface area contributed by atoms with Gasteiger partial charge in [-0.3, -0.25) is 9.59 Å². The highest BCUT2D eigenvalue weighted by molar-refractivity contribution is 5.94. The highest BCUT2D eigenvalue weighted by Gasteiger charge is 2.05. The van der Waals surface area contributed by atoms with Gasteiger partial charge in [-0.05, 0) is 35.9 Å². The molecule has 22 heavy (non-hydrogen) atoms. The van der Waals surface area contributed by atoms with Crippen LogP contribution in [0.3, 0.4) is 0 Å². The molecular formula is C17H18N2O3. The SMILES string of the molecule is COc1ccc(CC(=O)Nc2cccc(NC(C)=O)c2)cc1. The van der Waals surface area contributed by atoms with Crippen molar-refractivity contribution in [2.45, 2.75) is 13.3 Å². The molecule has 5 heteroatoms. The van der Waals surface area contributed by atoms with Crippen LogP contribution in [0.25, 0.3) is 0 Å². The Bertz CT molecular complexity index is 666. The van der Waals surface area contributed by atoms with E-state index in [0.717, 1.165) is 11.3 Å². The Balaban J connectivity index is 1.97. The standard InChI is InChI=1S/C17H18N2O3/c1-12(20)18-14-4-3-5-15(11-14)19-17(21)10-13-6-8-16(22-2)9-7-13/h3-9,11H,10H2,1-2H3,(H,18,20)(H,19,21). The molecule has 0 saturated carbocycles. The lowest BCUT2D eigenvalue weighted by Crippen LogP contribution is -2.14. The third kappa shape index (κ3) is 4.63. The van der Waals surface area contributed by atoms with E-state index in [1.165, 1.54) is 6.92 Å². The molecule has 0 fully saturated rings. The highest BCUT2D eigenvalue weighted by atomic mass is 16.5. The first kappa shape index (κ1) is 15.6. The van der Waals surface area contributed by atoms with Gasteiger partial charge in [0.05, 0.1) is 13.5 Å². The topological polar surface area (TPSA) is 67.4 Å². The Kier molecular flexibility index (Phi) is 5.14. The number of methoxy groups -OCH3 is 1. The monoisotopic (exact) mass is 298 g/mol. The van der Waals surface area contributed by atoms with Crippen LogP contribution in [0.15, 0.2) is 48.5 Å². The van der Waals surface area contributed by atoms with Crippen LogP contribution >= 0.6 is 0 Å². The van der Waals surface area contributed by atoms with Crippen LogP contribution in [0.2, 0.25) is 0 Å². The maximum atomic E-state index is 12.0. The van der Waals surface area contributed by atoms with E-state index in [1.54, 1.807) is 31.4 Å². The maximum Gasteiger partial charge on any atom is 0.228 e. The van der Waals surface area contributed by atoms with Gasteiger partial charge >= 0.3 is 0 Å². The van der Waals surface area contributed by atoms with Gasteiger partial charge in [-0.25, -0.2) is 0 Å². The van der Waals surface area contributed by atoms with E-state index in [1.807, 2.05) is 24.3 Å². The van der Waals surface area contributed by atoms with E-state index >= 15 is 0 Å². The van der Waals surface area contributed by atoms with Crippen molar-refractivity contribution < 1.29 is 14.3 Å². The number of nitrogens with one attached hydrogen (secondary N) is 2. The van der Waals surface area contributed by atoms with Gasteiger partial charge in [0.25, 0.3) is 0 Å². The fraction of sp³-hybridized carbons (Fsp3) is 0.176. The van der Waals surface area contributed by atoms with Crippen LogP contribution in [-0.2, 0) is 16.0 Å². The fourth-order valence-corrected chi connectivity index (χ4v) is 2.01. The first-order chi connectivity index (χ1) is 10.6. The average molecular weight is 298 g/mol. The molecule has 0 heterocycles. The number of rotatable bonds is 5. The second-order valence-corrected chi connectivity index (χ2v) is 4.84. The lowest BCUT2D eigenvalue weighted by Gasteiger charge is -2.08. The van der Waals surface area contributed by atoms with E-state index in [4.69, 9.17) is 4.74 Å². The van der Waals surface area contributed by atoms with Gasteiger partial charge in [0, 0.05) is 18.3 Å². The Morgan fingerprint density at radius 3 is 2.23 bits per heavy atom. The van der Waals surface area contributed by atoms with E-state index in [-0.39, 0.29) is 18.2 Å². The van der Waals surface area contributed by atoms with Crippen molar-refractivity contribution in [1.29, 1.82) is 0 Å². The minimum Gasteiger partial charge on any atom is -0.497 e. The molecule has 0 atom stereocenters. The summed E-state index contributed by atoms with van der Waals surface area (Å²) in [5, 5.41) is 5.49. The van der Waals surface area contributed by atoms with E-state index in [9.17, 15) is 9.59 Å². The Hall–Kier alpha value is -2.82. The van der Waals surface area contributed by atoms with Gasteiger partial charge in [-0.1, -0.05) is 18.2 Å². The average Bonchev–Trinajstić information content (AvgIpc) is 2.47. The van der Waals surface area contributed by atoms with Crippen molar-refractivity contribution in [3.8, 4) is 5.75 Å². The molecule has 0 spiro atoms. The third-order valence-electron chi connectivity index (χ3n) is 2.99. The molecule has 0 radical (unpaired) electrons. The molecule has 0 unspecified atom stereocenters. The Morgan fingerprint density at radius 2 is 1.64 bits per heavy atom. The summed E-state index contributed by atoms with van der Waals surface area (Å²) in [6.07, 6.45) is 0.272. The summed E-state index contributed by atoms with van der Waals surface area (Å²) in [6.45, 7) is 1.44. The predicted octanol–water partition coefficient (Wildman–Crippen LogP) is 2.83. The van der Waals surface area contributed by atoms with Gasteiger partial charge in [-0.15, -0.1) is 0 Å². The van der Waals surface area contributed by atoms with Crippen molar-refractivity contribution in [1.82, 2.24) is 0 Å². The lowest BCUT2D eigenvalue weighted by atomic mass is 10.1. The minimum absolute atomic E-state index is 0.120. The van der Waals surface area contributed by atoms with Crippen LogP contribution in [-0.4, -0.2) is 18.9 Å². The smallest absolute Gasteiger partial charge is 0.228 e. The summed E-state index contributed by atoms with van der Waals surface area (Å²) in [5.74, 6) is 0.485. The fourth-order valence-electron chi connectivity index (χ4n) is 2.01. The van der Waals surface area contributed by atoms with E-state index in [2.05, 4.69) is 10.6 Å². The zero-order chi connectivity index (χ0) is 15.9. The van der Waals surface area contributed by atoms with Crippen molar-refractivity contribution in [2.24, 2.45) is 0 Å². The number of anilines is 2. The molecule has 2 rings (SSSR count). The Labute approximate surface area is 129 Å². The molecule has 0 aromatic heterocycles. The molecule has 0 aliphatic carbocycles. The number of benzene rings is 2. The van der Waals surface area contributed by atoms with Crippen molar-refractivity contribution in [2.75, 3.05) is 17.7 Å². The van der Waals surface area contributed by atoms with E-state index < -0.39 is 0 Å². The first-order valence-electron chi connectivity index (χ1n) is 6.87. The second-order valence-electron chi connectivity index (χ2n) is 4.84. The van der Waals surface area contributed by atoms with Crippen LogP contribution in [0.1, 0.15) is 12.5 Å². The number of amides is 2. The van der Waals surface area contributed by atoms with Gasteiger partial charge in [0.2, 0.25) is 11.8 Å². The van der Waals surface area contributed by atoms with Crippen molar-refractivity contribution in [3.63, 3.8) is 0 Å². The quantitative estimate of drug-likeness (QED) is 0.892. The molecule has 5 nitrogen and oxygen atoms in total. The van der Waals surface area contributed by atoms with Gasteiger partial charge < -0.3 is 15.4 Å². The zero-order valence-electron chi connectivity index (χ0n) is 12.6. The summed E-state index contributed by atoms with van der Waals surface area (Å²) in [6, 6.07) is 14.4. The molecule has 0 bridgehead atoms. The van der Waals surface area contributed by atoms with E-state index in [0.29, 0.717) is 11.4 Å². The third-order valence-corrected chi connectivity index (χ3v) is 2.99. The number of ether oxygens (including phenoxy) is 1. The first-order valence-corrected chi connectivity index (χ1v) is 6.87. The predicted molar refractivity (Wildman–Crippen MR) is 86.1 cm³/mol. The second kappa shape index (κ2) is 7.26. The summed E-state index contributed by atoms with van der Waals surface area (Å²) >= 11 is 0. The van der Waals surface area contributed by atoms with Crippen molar-refractivity contribution in [3.05, 3.63) is 54.1 Å². The maximum absolute atomic E-state index is 12.0. The molecule has 2 aromatic rings. The van der Waals surface area contributed by atoms with Crippen LogP contribution in [0, 0.1) is 0 Å². The molecule has 2 amide bonds. The molecule has 0 saturated heterocycles. The number of hydrogen-bond acceptors (Lipinski definition) is 3. The highest BCUT2D eigenvalue weighted by Crippen LogP contribution is 2.16. The number of carbonyl (C=O) groups excluding carboxylic acids is 2. The molecule has 0 aliphatic rings. The summed E-state index contributed by atoms with van der Waals surface area (Å²) in [7, 11) is 1.60. The molecule has 2 aromatic carbocycles. The lowest BCUT2D eigenvalue weighted by molar-refractivity contribution is -0.115. The Morgan fingerprint density at radius 1 is 1.00 bits per heavy atom. The molecule has 0 aliphatic heterocycles. The normalized spacial score (nSPS) is 9.91. The van der Waals surface area contributed by atoms with Gasteiger partial charge in [-0.2, -0.15) is 0 Å². The molecular weight excluding hydrogens is 280 g/mol. The van der Waals surface area contributed by atoms with Crippen LogP contribution < -0.4 is 15.4 Å². The summed E-state index contributed by atoms with van der Waals surface area (Å²) < 4.78 is 5.08. The van der Waals surface area contributed by atoms with Gasteiger partial charge in [0.15, 0.2) is 0 Å². The summed E-state index contributed by atoms with van der Waals surface area (Å²) in [5.41, 5.74) is 2.19. The van der Waals surface area contributed by atoms with Crippen LogP contribution in [0.4, 0.5) is 11.4 Å².